The van der Waals surface area contributed by atoms with Gasteiger partial charge in [-0.15, -0.1) is 0 Å². The summed E-state index contributed by atoms with van der Waals surface area (Å²) < 4.78 is 50.5. The molecule has 5 rings (SSSR count). The van der Waals surface area contributed by atoms with Gasteiger partial charge >= 0.3 is 11.9 Å². The molecule has 2 aromatic rings. The molecule has 12 heteroatoms. The second-order valence-corrected chi connectivity index (χ2v) is 18.2. The van der Waals surface area contributed by atoms with Gasteiger partial charge in [0.2, 0.25) is 18.3 Å². The number of benzene rings is 2. The third kappa shape index (κ3) is 6.10. The third-order valence-corrected chi connectivity index (χ3v) is 15.4. The van der Waals surface area contributed by atoms with Gasteiger partial charge in [0.05, 0.1) is 20.8 Å². The van der Waals surface area contributed by atoms with Gasteiger partial charge in [-0.05, 0) is 51.0 Å². The highest BCUT2D eigenvalue weighted by molar-refractivity contribution is 6.74. The van der Waals surface area contributed by atoms with Crippen molar-refractivity contribution in [2.75, 3.05) is 27.6 Å². The summed E-state index contributed by atoms with van der Waals surface area (Å²) in [6, 6.07) is 5.84. The van der Waals surface area contributed by atoms with E-state index >= 15 is 0 Å². The lowest BCUT2D eigenvalue weighted by atomic mass is 9.71. The third-order valence-electron chi connectivity index (χ3n) is 10.9. The van der Waals surface area contributed by atoms with Gasteiger partial charge in [0.15, 0.2) is 29.1 Å². The van der Waals surface area contributed by atoms with Crippen molar-refractivity contribution in [2.24, 2.45) is 11.8 Å². The quantitative estimate of drug-likeness (QED) is 0.157. The highest BCUT2D eigenvalue weighted by Crippen LogP contribution is 2.62. The first kappa shape index (κ1) is 37.1. The SMILES string of the molecule is C=C1C(=O)O[C@H]2c3cc(OC)c(OC)c(O[Si](CC)(CC)CC)c3-c3c(cc4c(c3OC[C@H]1C)OCO4)[C@H](OC(=O)/C(C)=C\C)[C@H](C)[C@]2(C)O. The van der Waals surface area contributed by atoms with Crippen molar-refractivity contribution in [3.8, 4) is 45.6 Å². The predicted molar refractivity (Wildman–Crippen MR) is 190 cm³/mol. The van der Waals surface area contributed by atoms with E-state index in [1.54, 1.807) is 52.8 Å². The summed E-state index contributed by atoms with van der Waals surface area (Å²) in [6.45, 7) is 18.9. The van der Waals surface area contributed by atoms with Crippen molar-refractivity contribution in [3.05, 3.63) is 47.1 Å². The van der Waals surface area contributed by atoms with E-state index in [0.717, 1.165) is 18.1 Å². The van der Waals surface area contributed by atoms with Crippen LogP contribution in [0.2, 0.25) is 18.1 Å². The molecular weight excluding hydrogens is 660 g/mol. The number of allylic oxidation sites excluding steroid dienone is 1. The van der Waals surface area contributed by atoms with Crippen LogP contribution in [0.4, 0.5) is 0 Å². The molecule has 3 aliphatic rings. The molecule has 11 nitrogen and oxygen atoms in total. The number of carbonyl (C=O) groups excluding carboxylic acids is 2. The monoisotopic (exact) mass is 710 g/mol. The summed E-state index contributed by atoms with van der Waals surface area (Å²) >= 11 is 0. The predicted octanol–water partition coefficient (Wildman–Crippen LogP) is 7.60. The van der Waals surface area contributed by atoms with Gasteiger partial charge in [0, 0.05) is 45.2 Å². The van der Waals surface area contributed by atoms with Crippen LogP contribution in [-0.2, 0) is 19.1 Å². The lowest BCUT2D eigenvalue weighted by molar-refractivity contribution is -0.182. The van der Waals surface area contributed by atoms with Crippen molar-refractivity contribution in [1.82, 2.24) is 0 Å². The van der Waals surface area contributed by atoms with E-state index in [4.69, 9.17) is 37.6 Å². The number of esters is 2. The maximum atomic E-state index is 13.9. The summed E-state index contributed by atoms with van der Waals surface area (Å²) in [4.78, 5) is 27.5. The Hall–Kier alpha value is -4.16. The molecule has 0 saturated heterocycles. The van der Waals surface area contributed by atoms with Gasteiger partial charge in [0.25, 0.3) is 8.32 Å². The van der Waals surface area contributed by atoms with Crippen molar-refractivity contribution in [3.63, 3.8) is 0 Å². The average Bonchev–Trinajstić information content (AvgIpc) is 3.59. The van der Waals surface area contributed by atoms with Crippen molar-refractivity contribution < 1.29 is 52.3 Å². The Morgan fingerprint density at radius 3 is 2.30 bits per heavy atom. The van der Waals surface area contributed by atoms with E-state index in [2.05, 4.69) is 27.4 Å². The molecule has 2 aromatic carbocycles. The van der Waals surface area contributed by atoms with Gasteiger partial charge in [-0.2, -0.15) is 0 Å². The molecule has 0 unspecified atom stereocenters. The van der Waals surface area contributed by atoms with Crippen LogP contribution in [-0.4, -0.2) is 58.6 Å². The van der Waals surface area contributed by atoms with E-state index in [1.807, 2.05) is 0 Å². The molecule has 272 valence electrons. The minimum atomic E-state index is -2.49. The van der Waals surface area contributed by atoms with E-state index in [9.17, 15) is 14.7 Å². The first-order chi connectivity index (χ1) is 23.7. The summed E-state index contributed by atoms with van der Waals surface area (Å²) in [6.07, 6.45) is -0.770. The molecule has 0 amide bonds. The Morgan fingerprint density at radius 2 is 1.70 bits per heavy atom. The largest absolute Gasteiger partial charge is 0.541 e. The van der Waals surface area contributed by atoms with Gasteiger partial charge in [0.1, 0.15) is 11.7 Å². The molecule has 2 aliphatic heterocycles. The molecule has 50 heavy (non-hydrogen) atoms. The number of aliphatic hydroxyl groups is 1. The Balaban J connectivity index is 2.06. The smallest absolute Gasteiger partial charge is 0.334 e. The second-order valence-electron chi connectivity index (χ2n) is 13.5. The van der Waals surface area contributed by atoms with Crippen LogP contribution in [0.1, 0.15) is 78.7 Å². The number of carbonyl (C=O) groups is 2. The van der Waals surface area contributed by atoms with Crippen molar-refractivity contribution in [1.29, 1.82) is 0 Å². The first-order valence-corrected chi connectivity index (χ1v) is 19.8. The molecule has 2 bridgehead atoms. The Labute approximate surface area is 295 Å². The lowest BCUT2D eigenvalue weighted by Gasteiger charge is -2.44. The second kappa shape index (κ2) is 14.2. The van der Waals surface area contributed by atoms with Crippen LogP contribution >= 0.6 is 0 Å². The Kier molecular flexibility index (Phi) is 10.6. The Morgan fingerprint density at radius 1 is 1.02 bits per heavy atom. The zero-order valence-electron chi connectivity index (χ0n) is 30.8. The van der Waals surface area contributed by atoms with Crippen LogP contribution in [0.25, 0.3) is 11.1 Å². The summed E-state index contributed by atoms with van der Waals surface area (Å²) in [7, 11) is 0.554. The number of hydrogen-bond donors (Lipinski definition) is 1. The molecule has 0 radical (unpaired) electrons. The van der Waals surface area contributed by atoms with Crippen LogP contribution in [0.5, 0.6) is 34.5 Å². The highest BCUT2D eigenvalue weighted by atomic mass is 28.4. The minimum absolute atomic E-state index is 0.0231. The fraction of sp³-hybridized carbons (Fsp3) is 0.526. The van der Waals surface area contributed by atoms with Crippen LogP contribution in [0.15, 0.2) is 35.9 Å². The molecule has 0 saturated carbocycles. The molecular formula is C38H50O11Si. The summed E-state index contributed by atoms with van der Waals surface area (Å²) in [5.74, 6) is -0.650. The molecule has 0 fully saturated rings. The number of ether oxygens (including phenoxy) is 7. The van der Waals surface area contributed by atoms with Crippen molar-refractivity contribution >= 4 is 20.3 Å². The molecule has 1 N–H and O–H groups in total. The maximum absolute atomic E-state index is 13.9. The molecule has 0 spiro atoms. The fourth-order valence-corrected chi connectivity index (χ4v) is 9.43. The molecule has 2 heterocycles. The van der Waals surface area contributed by atoms with Crippen LogP contribution in [0.3, 0.4) is 0 Å². The van der Waals surface area contributed by atoms with E-state index in [-0.39, 0.29) is 19.0 Å². The minimum Gasteiger partial charge on any atom is -0.541 e. The van der Waals surface area contributed by atoms with Crippen LogP contribution in [0, 0.1) is 11.8 Å². The summed E-state index contributed by atoms with van der Waals surface area (Å²) in [5.41, 5.74) is 0.473. The highest BCUT2D eigenvalue weighted by Gasteiger charge is 2.52. The van der Waals surface area contributed by atoms with Gasteiger partial charge in [-0.25, -0.2) is 9.59 Å². The van der Waals surface area contributed by atoms with E-state index < -0.39 is 49.9 Å². The van der Waals surface area contributed by atoms with Gasteiger partial charge < -0.3 is 42.7 Å². The van der Waals surface area contributed by atoms with Crippen LogP contribution < -0.4 is 28.1 Å². The average molecular weight is 711 g/mol. The van der Waals surface area contributed by atoms with Gasteiger partial charge in [-0.3, -0.25) is 0 Å². The first-order valence-electron chi connectivity index (χ1n) is 17.3. The van der Waals surface area contributed by atoms with Gasteiger partial charge in [-0.1, -0.05) is 47.3 Å². The number of methoxy groups -OCH3 is 2. The summed E-state index contributed by atoms with van der Waals surface area (Å²) in [5, 5.41) is 12.8. The van der Waals surface area contributed by atoms with E-state index in [0.29, 0.717) is 62.3 Å². The van der Waals surface area contributed by atoms with E-state index in [1.165, 1.54) is 14.2 Å². The zero-order chi connectivity index (χ0) is 36.7. The Bertz CT molecular complexity index is 1700. The topological polar surface area (TPSA) is 128 Å². The number of rotatable bonds is 9. The number of fused-ring (bicyclic) bond motifs is 2. The normalized spacial score (nSPS) is 24.6. The fourth-order valence-electron chi connectivity index (χ4n) is 6.87. The number of hydrogen-bond acceptors (Lipinski definition) is 11. The van der Waals surface area contributed by atoms with Crippen molar-refractivity contribution in [2.45, 2.75) is 91.3 Å². The standard InChI is InChI=1S/C38H50O11Si/c1-12-20(5)36(39)47-30-23(8)38(9,41)35-25-17-26(42-10)31(43-11)34(49-50(13-2,14-3)15-4)29(25)28-24(30)16-27-32(46-19-45-27)33(28)44-18-21(6)22(7)37(40)48-35/h12,16-17,21,23,30,35,41H,7,13-15,18-19H2,1-6,8-11H3/b20-12-/t21-,23+,30-,35+,38+/m1/s1. The maximum Gasteiger partial charge on any atom is 0.334 e. The molecule has 1 aliphatic carbocycles. The molecule has 0 aromatic heterocycles. The zero-order valence-corrected chi connectivity index (χ0v) is 31.8. The molecule has 5 atom stereocenters. The lowest BCUT2D eigenvalue weighted by Crippen LogP contribution is -2.46.